The molecule has 0 aliphatic heterocycles. The van der Waals surface area contributed by atoms with Crippen LogP contribution in [0.2, 0.25) is 0 Å². The van der Waals surface area contributed by atoms with Crippen LogP contribution >= 0.6 is 0 Å². The minimum absolute atomic E-state index is 0.121. The highest BCUT2D eigenvalue weighted by atomic mass is 16.4. The molecule has 2 rings (SSSR count). The SMILES string of the molecule is CC[C@H](C)[C@H](NC(=O)[C@H](Cc1c[nH]c2ccccc12)NC(=O)[C@H](CC(=O)O)NC(=O)[C@H](CC(C)C)NC(=O)[C@H](CC(=O)O)NC(=O)[C@H](C)NC(=O)CNC(=O)[C@H](C)N)C(=O)O. The molecule has 8 atom stereocenters. The number of rotatable bonds is 25. The third kappa shape index (κ3) is 16.5. The van der Waals surface area contributed by atoms with E-state index < -0.39 is 127 Å². The van der Waals surface area contributed by atoms with E-state index in [-0.39, 0.29) is 18.8 Å². The minimum Gasteiger partial charge on any atom is -0.481 e. The number of aromatic nitrogens is 1. The Bertz CT molecular complexity index is 1930. The minimum atomic E-state index is -1.85. The molecule has 13 N–H and O–H groups in total. The van der Waals surface area contributed by atoms with Crippen LogP contribution in [-0.2, 0) is 54.4 Å². The van der Waals surface area contributed by atoms with Gasteiger partial charge in [0.25, 0.3) is 0 Å². The summed E-state index contributed by atoms with van der Waals surface area (Å²) in [5, 5.41) is 46.1. The van der Waals surface area contributed by atoms with Crippen LogP contribution < -0.4 is 43.0 Å². The number of carbonyl (C=O) groups excluding carboxylic acids is 7. The Morgan fingerprint density at radius 3 is 1.69 bits per heavy atom. The lowest BCUT2D eigenvalue weighted by Crippen LogP contribution is -2.60. The monoisotopic (exact) mass is 859 g/mol. The highest BCUT2D eigenvalue weighted by Crippen LogP contribution is 2.20. The molecule has 22 nitrogen and oxygen atoms in total. The summed E-state index contributed by atoms with van der Waals surface area (Å²) in [5.41, 5.74) is 6.69. The Balaban J connectivity index is 2.35. The number of nitrogens with one attached hydrogen (secondary N) is 8. The summed E-state index contributed by atoms with van der Waals surface area (Å²) < 4.78 is 0. The summed E-state index contributed by atoms with van der Waals surface area (Å²) in [6.45, 7) is 8.76. The Kier molecular flexibility index (Phi) is 19.8. The van der Waals surface area contributed by atoms with Gasteiger partial charge < -0.3 is 63.3 Å². The van der Waals surface area contributed by atoms with Crippen LogP contribution in [0.15, 0.2) is 30.5 Å². The lowest BCUT2D eigenvalue weighted by molar-refractivity contribution is -0.144. The molecule has 0 saturated carbocycles. The van der Waals surface area contributed by atoms with Crippen molar-refractivity contribution in [3.63, 3.8) is 0 Å². The topological polar surface area (TPSA) is 357 Å². The zero-order valence-electron chi connectivity index (χ0n) is 34.8. The summed E-state index contributed by atoms with van der Waals surface area (Å²) >= 11 is 0. The molecular formula is C39H57N9O13. The van der Waals surface area contributed by atoms with Crippen molar-refractivity contribution < 1.29 is 63.3 Å². The number of amides is 7. The number of fused-ring (bicyclic) bond motifs is 1. The molecule has 336 valence electrons. The van der Waals surface area contributed by atoms with Gasteiger partial charge in [-0.25, -0.2) is 4.79 Å². The van der Waals surface area contributed by atoms with Crippen molar-refractivity contribution in [3.05, 3.63) is 36.0 Å². The normalized spacial score (nSPS) is 15.0. The van der Waals surface area contributed by atoms with E-state index in [1.807, 2.05) is 0 Å². The van der Waals surface area contributed by atoms with E-state index in [4.69, 9.17) is 5.73 Å². The fraction of sp³-hybridized carbons (Fsp3) is 0.538. The van der Waals surface area contributed by atoms with Gasteiger partial charge in [-0.1, -0.05) is 52.3 Å². The molecule has 0 saturated heterocycles. The molecule has 0 unspecified atom stereocenters. The smallest absolute Gasteiger partial charge is 0.326 e. The first-order valence-electron chi connectivity index (χ1n) is 19.6. The average Bonchev–Trinajstić information content (AvgIpc) is 3.59. The van der Waals surface area contributed by atoms with Crippen molar-refractivity contribution in [1.29, 1.82) is 0 Å². The van der Waals surface area contributed by atoms with Crippen LogP contribution in [0.5, 0.6) is 0 Å². The standard InChI is InChI=1S/C39H57N9O13/c1-7-19(4)32(39(60)61)48-38(59)26(13-22-16-41-24-11-9-8-10-23(22)24)46-37(58)28(15-31(52)53)47-35(56)25(12-18(2)3)45-36(57)27(14-30(50)51)44-34(55)21(6)43-29(49)17-42-33(54)20(5)40/h8-11,16,18-21,25-28,32,41H,7,12-15,17,40H2,1-6H3,(H,42,54)(H,43,49)(H,44,55)(H,45,57)(H,46,58)(H,47,56)(H,48,59)(H,50,51)(H,52,53)(H,60,61)/t19-,20-,21-,25-,26-,27-,28-,32-/m0/s1. The number of carbonyl (C=O) groups is 10. The van der Waals surface area contributed by atoms with Gasteiger partial charge in [-0.3, -0.25) is 43.2 Å². The summed E-state index contributed by atoms with van der Waals surface area (Å²) in [5.74, 6) is -11.9. The van der Waals surface area contributed by atoms with Gasteiger partial charge in [-0.2, -0.15) is 0 Å². The average molecular weight is 860 g/mol. The fourth-order valence-corrected chi connectivity index (χ4v) is 5.94. The molecule has 0 bridgehead atoms. The number of hydrogen-bond acceptors (Lipinski definition) is 11. The molecule has 0 aliphatic rings. The van der Waals surface area contributed by atoms with Crippen LogP contribution in [0.1, 0.15) is 72.8 Å². The first kappa shape index (κ1) is 50.6. The highest BCUT2D eigenvalue weighted by Gasteiger charge is 2.35. The molecule has 2 aromatic rings. The van der Waals surface area contributed by atoms with E-state index in [0.29, 0.717) is 22.9 Å². The summed E-state index contributed by atoms with van der Waals surface area (Å²) in [4.78, 5) is 131. The molecule has 0 aliphatic carbocycles. The van der Waals surface area contributed by atoms with Gasteiger partial charge >= 0.3 is 17.9 Å². The van der Waals surface area contributed by atoms with Crippen molar-refractivity contribution in [2.75, 3.05) is 6.54 Å². The number of benzene rings is 1. The number of nitrogens with two attached hydrogens (primary N) is 1. The molecule has 1 aromatic carbocycles. The molecule has 1 aromatic heterocycles. The van der Waals surface area contributed by atoms with Crippen LogP contribution in [0.4, 0.5) is 0 Å². The third-order valence-electron chi connectivity index (χ3n) is 9.48. The fourth-order valence-electron chi connectivity index (χ4n) is 5.94. The number of carboxylic acids is 3. The Hall–Kier alpha value is -6.58. The Morgan fingerprint density at radius 2 is 1.16 bits per heavy atom. The summed E-state index contributed by atoms with van der Waals surface area (Å²) in [6, 6.07) is -3.18. The second-order valence-corrected chi connectivity index (χ2v) is 15.1. The Labute approximate surface area is 351 Å². The quantitative estimate of drug-likeness (QED) is 0.0526. The lowest BCUT2D eigenvalue weighted by Gasteiger charge is -2.27. The van der Waals surface area contributed by atoms with Crippen molar-refractivity contribution in [2.45, 2.75) is 116 Å². The molecule has 1 heterocycles. The van der Waals surface area contributed by atoms with E-state index in [1.165, 1.54) is 13.8 Å². The number of carboxylic acid groups (broad SMARTS) is 3. The number of aromatic amines is 1. The van der Waals surface area contributed by atoms with Crippen molar-refractivity contribution in [3.8, 4) is 0 Å². The van der Waals surface area contributed by atoms with Gasteiger partial charge in [0.2, 0.25) is 41.4 Å². The highest BCUT2D eigenvalue weighted by molar-refractivity contribution is 5.99. The van der Waals surface area contributed by atoms with Gasteiger partial charge in [0.1, 0.15) is 36.3 Å². The van der Waals surface area contributed by atoms with Gasteiger partial charge in [-0.05, 0) is 43.7 Å². The van der Waals surface area contributed by atoms with Gasteiger partial charge in [0.15, 0.2) is 0 Å². The van der Waals surface area contributed by atoms with Crippen LogP contribution in [0.3, 0.4) is 0 Å². The summed E-state index contributed by atoms with van der Waals surface area (Å²) in [6.07, 6.45) is -0.291. The molecule has 61 heavy (non-hydrogen) atoms. The zero-order chi connectivity index (χ0) is 46.1. The van der Waals surface area contributed by atoms with Crippen LogP contribution in [0.25, 0.3) is 10.9 Å². The Morgan fingerprint density at radius 1 is 0.656 bits per heavy atom. The maximum atomic E-state index is 13.8. The second-order valence-electron chi connectivity index (χ2n) is 15.1. The molecule has 7 amide bonds. The largest absolute Gasteiger partial charge is 0.481 e. The molecule has 0 radical (unpaired) electrons. The van der Waals surface area contributed by atoms with Crippen LogP contribution in [-0.4, -0.2) is 128 Å². The maximum absolute atomic E-state index is 13.8. The predicted octanol–water partition coefficient (Wildman–Crippen LogP) is -1.77. The molecule has 22 heteroatoms. The van der Waals surface area contributed by atoms with Crippen molar-refractivity contribution >= 4 is 70.2 Å². The lowest BCUT2D eigenvalue weighted by atomic mass is 9.97. The first-order valence-corrected chi connectivity index (χ1v) is 19.6. The number of hydrogen-bond donors (Lipinski definition) is 12. The van der Waals surface area contributed by atoms with E-state index >= 15 is 0 Å². The third-order valence-corrected chi connectivity index (χ3v) is 9.48. The van der Waals surface area contributed by atoms with Crippen molar-refractivity contribution in [1.82, 2.24) is 42.2 Å². The van der Waals surface area contributed by atoms with E-state index in [9.17, 15) is 63.3 Å². The molecule has 0 fully saturated rings. The number of aliphatic carboxylic acids is 3. The predicted molar refractivity (Wildman–Crippen MR) is 217 cm³/mol. The number of H-pyrrole nitrogens is 1. The summed E-state index contributed by atoms with van der Waals surface area (Å²) in [7, 11) is 0. The van der Waals surface area contributed by atoms with Crippen LogP contribution in [0, 0.1) is 11.8 Å². The van der Waals surface area contributed by atoms with E-state index in [2.05, 4.69) is 42.2 Å². The first-order chi connectivity index (χ1) is 28.5. The molecule has 0 spiro atoms. The van der Waals surface area contributed by atoms with E-state index in [0.717, 1.165) is 0 Å². The van der Waals surface area contributed by atoms with E-state index in [1.54, 1.807) is 58.2 Å². The zero-order valence-corrected chi connectivity index (χ0v) is 34.8. The van der Waals surface area contributed by atoms with Crippen molar-refractivity contribution in [2.24, 2.45) is 17.6 Å². The maximum Gasteiger partial charge on any atom is 0.326 e. The molecular weight excluding hydrogens is 802 g/mol. The second kappa shape index (κ2) is 23.9. The van der Waals surface area contributed by atoms with Gasteiger partial charge in [0.05, 0.1) is 25.4 Å². The van der Waals surface area contributed by atoms with Gasteiger partial charge in [-0.15, -0.1) is 0 Å². The van der Waals surface area contributed by atoms with Gasteiger partial charge in [0, 0.05) is 23.5 Å². The number of para-hydroxylation sites is 1.